The molecule has 0 aliphatic carbocycles. The second kappa shape index (κ2) is 6.28. The molecule has 3 aromatic rings. The van der Waals surface area contributed by atoms with Crippen molar-refractivity contribution in [2.75, 3.05) is 0 Å². The summed E-state index contributed by atoms with van der Waals surface area (Å²) < 4.78 is 21.5. The molecule has 2 aliphatic heterocycles. The van der Waals surface area contributed by atoms with E-state index in [-0.39, 0.29) is 5.82 Å². The average molecular weight is 394 g/mol. The first-order valence-corrected chi connectivity index (χ1v) is 16.3. The van der Waals surface area contributed by atoms with Crippen LogP contribution in [0.1, 0.15) is 12.8 Å². The van der Waals surface area contributed by atoms with Crippen molar-refractivity contribution in [2.45, 2.75) is 43.6 Å². The van der Waals surface area contributed by atoms with Gasteiger partial charge in [0.2, 0.25) is 0 Å². The Labute approximate surface area is 161 Å². The topological polar surface area (TPSA) is 22.1 Å². The highest BCUT2D eigenvalue weighted by molar-refractivity contribution is 7.48. The fraction of sp³-hybridized carbons (Fsp3) is 0.318. The van der Waals surface area contributed by atoms with Gasteiger partial charge in [-0.15, -0.1) is 0 Å². The van der Waals surface area contributed by atoms with Crippen molar-refractivity contribution in [1.29, 1.82) is 0 Å². The third-order valence-electron chi connectivity index (χ3n) is 7.07. The molecule has 0 bridgehead atoms. The highest BCUT2D eigenvalue weighted by Crippen LogP contribution is 2.50. The maximum absolute atomic E-state index is 15.2. The van der Waals surface area contributed by atoms with E-state index in [1.807, 2.05) is 36.4 Å². The van der Waals surface area contributed by atoms with Crippen LogP contribution >= 0.6 is 0 Å². The van der Waals surface area contributed by atoms with E-state index in [0.29, 0.717) is 5.75 Å². The average Bonchev–Trinajstić information content (AvgIpc) is 2.61. The third kappa shape index (κ3) is 2.59. The highest BCUT2D eigenvalue weighted by atomic mass is 29.3. The van der Waals surface area contributed by atoms with Crippen LogP contribution in [0.3, 0.4) is 0 Å². The molecule has 0 radical (unpaired) electrons. The summed E-state index contributed by atoms with van der Waals surface area (Å²) in [5.41, 5.74) is 0.948. The van der Waals surface area contributed by atoms with E-state index in [9.17, 15) is 0 Å². The van der Waals surface area contributed by atoms with E-state index >= 15 is 4.39 Å². The van der Waals surface area contributed by atoms with Crippen LogP contribution in [0.25, 0.3) is 10.9 Å². The normalized spacial score (nSPS) is 19.9. The van der Waals surface area contributed by atoms with Gasteiger partial charge in [-0.1, -0.05) is 67.8 Å². The molecule has 138 valence electrons. The smallest absolute Gasteiger partial charge is 0.146 e. The monoisotopic (exact) mass is 393 g/mol. The van der Waals surface area contributed by atoms with Crippen LogP contribution in [-0.2, 0) is 0 Å². The molecule has 0 unspecified atom stereocenters. The molecule has 5 heteroatoms. The molecule has 0 saturated carbocycles. The summed E-state index contributed by atoms with van der Waals surface area (Å²) in [6.07, 6.45) is 4.37. The minimum atomic E-state index is -1.74. The van der Waals surface area contributed by atoms with Gasteiger partial charge in [-0.3, -0.25) is 4.98 Å². The van der Waals surface area contributed by atoms with E-state index in [4.69, 9.17) is 4.74 Å². The molecule has 1 aromatic heterocycles. The first-order chi connectivity index (χ1) is 13.1. The van der Waals surface area contributed by atoms with E-state index < -0.39 is 15.2 Å². The molecule has 3 heterocycles. The van der Waals surface area contributed by atoms with Crippen molar-refractivity contribution in [3.8, 4) is 11.5 Å². The number of rotatable bonds is 4. The summed E-state index contributed by atoms with van der Waals surface area (Å²) >= 11 is 0. The molecular formula is C22H24FNOSi2. The number of hydrogen-bond acceptors (Lipinski definition) is 2. The predicted octanol–water partition coefficient (Wildman–Crippen LogP) is 5.79. The summed E-state index contributed by atoms with van der Waals surface area (Å²) in [6, 6.07) is 20.7. The molecule has 2 saturated heterocycles. The molecule has 2 aliphatic rings. The molecule has 2 fully saturated rings. The maximum Gasteiger partial charge on any atom is 0.146 e. The van der Waals surface area contributed by atoms with Crippen molar-refractivity contribution in [2.24, 2.45) is 0 Å². The van der Waals surface area contributed by atoms with Gasteiger partial charge in [0, 0.05) is 10.6 Å². The first kappa shape index (κ1) is 17.1. The van der Waals surface area contributed by atoms with Crippen LogP contribution < -0.4 is 9.92 Å². The van der Waals surface area contributed by atoms with Gasteiger partial charge in [-0.2, -0.15) is 0 Å². The first-order valence-electron chi connectivity index (χ1n) is 9.93. The summed E-state index contributed by atoms with van der Waals surface area (Å²) in [5, 5.41) is 2.03. The lowest BCUT2D eigenvalue weighted by atomic mass is 10.2. The zero-order valence-corrected chi connectivity index (χ0v) is 17.7. The number of pyridine rings is 1. The number of ether oxygens (including phenoxy) is 1. The largest absolute Gasteiger partial charge is 0.456 e. The van der Waals surface area contributed by atoms with Crippen molar-refractivity contribution < 1.29 is 9.13 Å². The van der Waals surface area contributed by atoms with E-state index in [0.717, 1.165) is 21.8 Å². The number of hydrogen-bond donors (Lipinski definition) is 0. The van der Waals surface area contributed by atoms with Gasteiger partial charge in [0.25, 0.3) is 0 Å². The number of aromatic nitrogens is 1. The molecule has 5 rings (SSSR count). The Morgan fingerprint density at radius 3 is 2.44 bits per heavy atom. The number of para-hydroxylation sites is 1. The van der Waals surface area contributed by atoms with Crippen LogP contribution in [0.2, 0.25) is 30.7 Å². The number of fused-ring (bicyclic) bond motifs is 1. The number of halogens is 1. The Kier molecular flexibility index (Phi) is 3.98. The fourth-order valence-electron chi connectivity index (χ4n) is 5.16. The van der Waals surface area contributed by atoms with Crippen molar-refractivity contribution in [3.63, 3.8) is 0 Å². The number of nitrogens with zero attached hydrogens (tertiary/aromatic N) is 1. The Morgan fingerprint density at radius 1 is 0.963 bits per heavy atom. The Morgan fingerprint density at radius 2 is 1.74 bits per heavy atom. The van der Waals surface area contributed by atoms with Crippen molar-refractivity contribution >= 4 is 31.3 Å². The lowest BCUT2D eigenvalue weighted by Gasteiger charge is -2.57. The summed E-state index contributed by atoms with van der Waals surface area (Å²) in [5.74, 6) is 1.41. The molecule has 0 spiro atoms. The van der Waals surface area contributed by atoms with Crippen molar-refractivity contribution in [3.05, 3.63) is 60.5 Å². The molecular weight excluding hydrogens is 369 g/mol. The zero-order chi connectivity index (χ0) is 18.5. The minimum absolute atomic E-state index is 0.0340. The standard InChI is InChI=1S/C22H24FNOSi2/c1-26(11-5-12-26)27(13-6-14-27)22-19(23)8-4-10-21(22)25-18-15-17-7-2-3-9-20(17)24-16-18/h2-4,7-10,15-16H,5-6,11-14H2,1H3. The summed E-state index contributed by atoms with van der Waals surface area (Å²) in [6.45, 7) is 2.54. The van der Waals surface area contributed by atoms with Crippen LogP contribution in [0.15, 0.2) is 54.7 Å². The third-order valence-corrected chi connectivity index (χ3v) is 26.8. The van der Waals surface area contributed by atoms with Gasteiger partial charge in [-0.25, -0.2) is 4.39 Å². The fourth-order valence-corrected chi connectivity index (χ4v) is 23.2. The Balaban J connectivity index is 1.58. The number of benzene rings is 2. The lowest BCUT2D eigenvalue weighted by molar-refractivity contribution is 0.480. The minimum Gasteiger partial charge on any atom is -0.456 e. The summed E-state index contributed by atoms with van der Waals surface area (Å²) in [7, 11) is -3.06. The van der Waals surface area contributed by atoms with Crippen LogP contribution in [-0.4, -0.2) is 20.2 Å². The van der Waals surface area contributed by atoms with E-state index in [1.165, 1.54) is 37.0 Å². The second-order valence-electron chi connectivity index (χ2n) is 8.43. The Hall–Kier alpha value is -1.99. The Bertz CT molecular complexity index is 1010. The quantitative estimate of drug-likeness (QED) is 0.524. The summed E-state index contributed by atoms with van der Waals surface area (Å²) in [4.78, 5) is 4.50. The van der Waals surface area contributed by atoms with E-state index in [1.54, 1.807) is 18.3 Å². The van der Waals surface area contributed by atoms with Gasteiger partial charge < -0.3 is 4.74 Å². The highest BCUT2D eigenvalue weighted by Gasteiger charge is 2.60. The lowest BCUT2D eigenvalue weighted by Crippen LogP contribution is -2.75. The van der Waals surface area contributed by atoms with Crippen LogP contribution in [0.4, 0.5) is 4.39 Å². The zero-order valence-electron chi connectivity index (χ0n) is 15.7. The predicted molar refractivity (Wildman–Crippen MR) is 114 cm³/mol. The van der Waals surface area contributed by atoms with Crippen LogP contribution in [0.5, 0.6) is 11.5 Å². The van der Waals surface area contributed by atoms with Crippen molar-refractivity contribution in [1.82, 2.24) is 4.98 Å². The molecule has 0 atom stereocenters. The van der Waals surface area contributed by atoms with E-state index in [2.05, 4.69) is 11.5 Å². The molecule has 2 nitrogen and oxygen atoms in total. The molecule has 27 heavy (non-hydrogen) atoms. The van der Waals surface area contributed by atoms with Gasteiger partial charge in [0.1, 0.15) is 17.3 Å². The van der Waals surface area contributed by atoms with Gasteiger partial charge in [-0.05, 0) is 24.3 Å². The van der Waals surface area contributed by atoms with Gasteiger partial charge in [0.05, 0.1) is 26.9 Å². The van der Waals surface area contributed by atoms with Gasteiger partial charge in [0.15, 0.2) is 0 Å². The molecule has 0 N–H and O–H groups in total. The SMILES string of the molecule is C[Si]1([Si]2(c3c(F)cccc3Oc3cnc4ccccc4c3)CCC2)CCC1. The maximum atomic E-state index is 15.2. The molecule has 0 amide bonds. The second-order valence-corrected chi connectivity index (χ2v) is 22.7. The van der Waals surface area contributed by atoms with Crippen LogP contribution in [0, 0.1) is 5.82 Å². The molecule has 2 aromatic carbocycles. The van der Waals surface area contributed by atoms with Gasteiger partial charge >= 0.3 is 0 Å².